The second kappa shape index (κ2) is 9.62. The Hall–Kier alpha value is -3.37. The number of phenolic OH excluding ortho intramolecular Hbond substituents is 1. The number of nitrogens with zero attached hydrogens (tertiary/aromatic N) is 1. The molecule has 0 fully saturated rings. The van der Waals surface area contributed by atoms with Gasteiger partial charge in [0.15, 0.2) is 11.4 Å². The number of anilines is 1. The van der Waals surface area contributed by atoms with Crippen molar-refractivity contribution in [1.29, 1.82) is 0 Å². The number of benzene rings is 1. The third-order valence-electron chi connectivity index (χ3n) is 8.29. The molecule has 218 valence electrons. The van der Waals surface area contributed by atoms with Gasteiger partial charge >= 0.3 is 0 Å². The van der Waals surface area contributed by atoms with E-state index < -0.39 is 52.0 Å². The van der Waals surface area contributed by atoms with Crippen molar-refractivity contribution < 1.29 is 34.8 Å². The van der Waals surface area contributed by atoms with E-state index in [1.54, 1.807) is 6.07 Å². The SMILES string of the molecule is CN(C)c1c(CNC(C)(C)CC(C)(C)C)cc(O)c2c1CC1C[C@H]3CC(O)=C(C(N)=O)C(=O)[C@@]3(O)C(O)=C1C2=O. The summed E-state index contributed by atoms with van der Waals surface area (Å²) in [5, 5.41) is 47.7. The van der Waals surface area contributed by atoms with Crippen molar-refractivity contribution in [2.24, 2.45) is 23.0 Å². The Bertz CT molecular complexity index is 1370. The number of hydrogen-bond donors (Lipinski definition) is 6. The molecule has 3 atom stereocenters. The summed E-state index contributed by atoms with van der Waals surface area (Å²) >= 11 is 0. The zero-order valence-electron chi connectivity index (χ0n) is 24.3. The van der Waals surface area contributed by atoms with Gasteiger partial charge in [-0.1, -0.05) is 20.8 Å². The number of aliphatic hydroxyl groups is 3. The Labute approximate surface area is 234 Å². The molecule has 3 aliphatic rings. The van der Waals surface area contributed by atoms with Gasteiger partial charge in [-0.05, 0) is 61.6 Å². The summed E-state index contributed by atoms with van der Waals surface area (Å²) < 4.78 is 0. The van der Waals surface area contributed by atoms with Crippen LogP contribution in [0.15, 0.2) is 28.7 Å². The number of carbonyl (C=O) groups is 3. The zero-order valence-corrected chi connectivity index (χ0v) is 24.3. The first-order valence-corrected chi connectivity index (χ1v) is 13.6. The third-order valence-corrected chi connectivity index (χ3v) is 8.29. The maximum atomic E-state index is 13.9. The number of phenols is 1. The maximum absolute atomic E-state index is 13.9. The second-order valence-corrected chi connectivity index (χ2v) is 13.5. The fraction of sp³-hybridized carbons (Fsp3) is 0.567. The summed E-state index contributed by atoms with van der Waals surface area (Å²) in [6.07, 6.45) is 1.00. The molecule has 10 nitrogen and oxygen atoms in total. The standard InChI is InChI=1S/C30H41N3O7/c1-28(2,3)13-29(4,5)32-12-15-10-18(34)21-17(23(15)33(6)7)9-14-8-16-11-19(35)22(27(31)39)26(38)30(16,40)25(37)20(14)24(21)36/h10,14,16,32,34-35,37,40H,8-9,11-13H2,1-7H3,(H2,31,39)/t14?,16-,30-/m0/s1. The molecule has 3 aliphatic carbocycles. The minimum absolute atomic E-state index is 0.0121. The first-order chi connectivity index (χ1) is 18.3. The van der Waals surface area contributed by atoms with Crippen molar-refractivity contribution in [2.75, 3.05) is 19.0 Å². The van der Waals surface area contributed by atoms with E-state index in [-0.39, 0.29) is 47.1 Å². The van der Waals surface area contributed by atoms with E-state index in [2.05, 4.69) is 39.9 Å². The van der Waals surface area contributed by atoms with E-state index in [0.29, 0.717) is 12.1 Å². The van der Waals surface area contributed by atoms with Crippen molar-refractivity contribution in [3.63, 3.8) is 0 Å². The quantitative estimate of drug-likeness (QED) is 0.288. The van der Waals surface area contributed by atoms with E-state index >= 15 is 0 Å². The Morgan fingerprint density at radius 3 is 2.30 bits per heavy atom. The molecule has 40 heavy (non-hydrogen) atoms. The van der Waals surface area contributed by atoms with Crippen LogP contribution in [0.3, 0.4) is 0 Å². The number of Topliss-reactive ketones (excluding diaryl/α,β-unsaturated/α-hetero) is 2. The normalized spacial score (nSPS) is 25.0. The average Bonchev–Trinajstić information content (AvgIpc) is 2.77. The summed E-state index contributed by atoms with van der Waals surface area (Å²) in [5.74, 6) is -6.33. The Kier molecular flexibility index (Phi) is 7.12. The molecule has 4 rings (SSSR count). The number of carbonyl (C=O) groups excluding carboxylic acids is 3. The molecular formula is C30H41N3O7. The van der Waals surface area contributed by atoms with Crippen LogP contribution in [0.25, 0.3) is 0 Å². The highest BCUT2D eigenvalue weighted by atomic mass is 16.3. The lowest BCUT2D eigenvalue weighted by Gasteiger charge is -2.46. The molecule has 0 bridgehead atoms. The Morgan fingerprint density at radius 1 is 1.12 bits per heavy atom. The highest BCUT2D eigenvalue weighted by molar-refractivity contribution is 6.24. The van der Waals surface area contributed by atoms with E-state index in [1.165, 1.54) is 0 Å². The topological polar surface area (TPSA) is 173 Å². The van der Waals surface area contributed by atoms with Crippen LogP contribution in [-0.2, 0) is 22.6 Å². The van der Waals surface area contributed by atoms with Gasteiger partial charge in [-0.15, -0.1) is 0 Å². The van der Waals surface area contributed by atoms with Crippen LogP contribution in [-0.4, -0.2) is 63.1 Å². The monoisotopic (exact) mass is 555 g/mol. The molecule has 0 saturated heterocycles. The van der Waals surface area contributed by atoms with Gasteiger partial charge in [-0.3, -0.25) is 14.4 Å². The van der Waals surface area contributed by atoms with Gasteiger partial charge in [0.2, 0.25) is 5.78 Å². The molecule has 7 N–H and O–H groups in total. The summed E-state index contributed by atoms with van der Waals surface area (Å²) in [6, 6.07) is 1.54. The highest BCUT2D eigenvalue weighted by Crippen LogP contribution is 2.52. The van der Waals surface area contributed by atoms with E-state index in [4.69, 9.17) is 5.73 Å². The number of aromatic hydroxyl groups is 1. The van der Waals surface area contributed by atoms with Crippen molar-refractivity contribution in [3.8, 4) is 5.75 Å². The van der Waals surface area contributed by atoms with Crippen molar-refractivity contribution >= 4 is 23.2 Å². The fourth-order valence-electron chi connectivity index (χ4n) is 7.16. The van der Waals surface area contributed by atoms with Gasteiger partial charge in [0, 0.05) is 49.8 Å². The molecule has 0 aromatic heterocycles. The average molecular weight is 556 g/mol. The van der Waals surface area contributed by atoms with Crippen LogP contribution in [0.4, 0.5) is 5.69 Å². The van der Waals surface area contributed by atoms with Crippen LogP contribution in [0, 0.1) is 17.3 Å². The molecule has 1 aromatic carbocycles. The lowest BCUT2D eigenvalue weighted by Crippen LogP contribution is -2.57. The van der Waals surface area contributed by atoms with E-state index in [0.717, 1.165) is 17.7 Å². The van der Waals surface area contributed by atoms with Crippen molar-refractivity contribution in [3.05, 3.63) is 45.4 Å². The number of allylic oxidation sites excluding steroid dienone is 2. The van der Waals surface area contributed by atoms with Crippen molar-refractivity contribution in [2.45, 2.75) is 78.0 Å². The number of ketones is 2. The van der Waals surface area contributed by atoms with Gasteiger partial charge < -0.3 is 36.4 Å². The lowest BCUT2D eigenvalue weighted by atomic mass is 9.60. The highest BCUT2D eigenvalue weighted by Gasteiger charge is 2.59. The molecular weight excluding hydrogens is 514 g/mol. The number of primary amides is 1. The second-order valence-electron chi connectivity index (χ2n) is 13.5. The van der Waals surface area contributed by atoms with Gasteiger partial charge in [-0.25, -0.2) is 0 Å². The minimum Gasteiger partial charge on any atom is -0.511 e. The number of aliphatic hydroxyl groups excluding tert-OH is 2. The van der Waals surface area contributed by atoms with Gasteiger partial charge in [0.05, 0.1) is 5.56 Å². The van der Waals surface area contributed by atoms with Crippen LogP contribution in [0.5, 0.6) is 5.75 Å². The number of fused-ring (bicyclic) bond motifs is 3. The number of amides is 1. The number of hydrogen-bond acceptors (Lipinski definition) is 9. The number of nitrogens with two attached hydrogens (primary N) is 1. The van der Waals surface area contributed by atoms with E-state index in [1.807, 2.05) is 19.0 Å². The van der Waals surface area contributed by atoms with Gasteiger partial charge in [0.25, 0.3) is 5.91 Å². The summed E-state index contributed by atoms with van der Waals surface area (Å²) in [7, 11) is 3.72. The maximum Gasteiger partial charge on any atom is 0.255 e. The first-order valence-electron chi connectivity index (χ1n) is 13.6. The van der Waals surface area contributed by atoms with Crippen LogP contribution >= 0.6 is 0 Å². The fourth-order valence-corrected chi connectivity index (χ4v) is 7.16. The van der Waals surface area contributed by atoms with Crippen LogP contribution < -0.4 is 16.0 Å². The van der Waals surface area contributed by atoms with Crippen molar-refractivity contribution in [1.82, 2.24) is 5.32 Å². The summed E-state index contributed by atoms with van der Waals surface area (Å²) in [5.41, 5.74) is 3.85. The predicted octanol–water partition coefficient (Wildman–Crippen LogP) is 2.95. The van der Waals surface area contributed by atoms with Crippen LogP contribution in [0.1, 0.15) is 75.4 Å². The molecule has 10 heteroatoms. The molecule has 0 saturated carbocycles. The Balaban J connectivity index is 1.80. The molecule has 0 aliphatic heterocycles. The zero-order chi connectivity index (χ0) is 30.1. The first kappa shape index (κ1) is 29.6. The number of rotatable bonds is 6. The molecule has 0 heterocycles. The summed E-state index contributed by atoms with van der Waals surface area (Å²) in [4.78, 5) is 40.7. The van der Waals surface area contributed by atoms with Crippen LogP contribution in [0.2, 0.25) is 0 Å². The van der Waals surface area contributed by atoms with Gasteiger partial charge in [0.1, 0.15) is 22.8 Å². The smallest absolute Gasteiger partial charge is 0.255 e. The minimum atomic E-state index is -2.57. The molecule has 1 unspecified atom stereocenters. The lowest BCUT2D eigenvalue weighted by molar-refractivity contribution is -0.144. The largest absolute Gasteiger partial charge is 0.511 e. The summed E-state index contributed by atoms with van der Waals surface area (Å²) in [6.45, 7) is 11.2. The third kappa shape index (κ3) is 4.77. The van der Waals surface area contributed by atoms with E-state index in [9.17, 15) is 34.8 Å². The Morgan fingerprint density at radius 2 is 1.75 bits per heavy atom. The van der Waals surface area contributed by atoms with Gasteiger partial charge in [-0.2, -0.15) is 0 Å². The molecule has 1 aromatic rings. The molecule has 1 amide bonds. The predicted molar refractivity (Wildman–Crippen MR) is 150 cm³/mol. The molecule has 0 spiro atoms. The molecule has 0 radical (unpaired) electrons. The number of nitrogens with one attached hydrogen (secondary N) is 1.